The molecule has 1 atom stereocenters. The molecule has 116 valence electrons. The van der Waals surface area contributed by atoms with Gasteiger partial charge in [0.25, 0.3) is 5.56 Å². The number of nitrogens with zero attached hydrogens (tertiary/aromatic N) is 2. The third-order valence-corrected chi connectivity index (χ3v) is 5.25. The minimum atomic E-state index is -0.855. The van der Waals surface area contributed by atoms with E-state index in [-0.39, 0.29) is 5.56 Å². The maximum atomic E-state index is 12.9. The van der Waals surface area contributed by atoms with Gasteiger partial charge in [-0.2, -0.15) is 0 Å². The predicted molar refractivity (Wildman–Crippen MR) is 86.7 cm³/mol. The number of aliphatic carboxylic acids is 1. The molecule has 0 spiro atoms. The lowest BCUT2D eigenvalue weighted by Crippen LogP contribution is -2.26. The van der Waals surface area contributed by atoms with Gasteiger partial charge in [-0.15, -0.1) is 11.3 Å². The van der Waals surface area contributed by atoms with E-state index in [1.165, 1.54) is 11.3 Å². The molecule has 1 aliphatic rings. The van der Waals surface area contributed by atoms with Crippen LogP contribution in [0.5, 0.6) is 0 Å². The number of aromatic nitrogens is 2. The monoisotopic (exact) mass is 318 g/mol. The lowest BCUT2D eigenvalue weighted by Gasteiger charge is -2.19. The Labute approximate surface area is 131 Å². The lowest BCUT2D eigenvalue weighted by molar-refractivity contribution is -0.139. The lowest BCUT2D eigenvalue weighted by atomic mass is 9.86. The molecule has 3 rings (SSSR count). The highest BCUT2D eigenvalue weighted by Crippen LogP contribution is 2.40. The van der Waals surface area contributed by atoms with Gasteiger partial charge in [0.1, 0.15) is 10.7 Å². The van der Waals surface area contributed by atoms with Gasteiger partial charge >= 0.3 is 5.97 Å². The Morgan fingerprint density at radius 3 is 2.91 bits per heavy atom. The maximum absolute atomic E-state index is 12.9. The van der Waals surface area contributed by atoms with Crippen LogP contribution in [0.4, 0.5) is 0 Å². The number of carboxylic acid groups (broad SMARTS) is 1. The zero-order valence-electron chi connectivity index (χ0n) is 12.7. The zero-order chi connectivity index (χ0) is 16.0. The first kappa shape index (κ1) is 15.0. The van der Waals surface area contributed by atoms with E-state index in [1.807, 2.05) is 6.92 Å². The van der Waals surface area contributed by atoms with Crippen LogP contribution in [-0.2, 0) is 17.8 Å². The fourth-order valence-corrected chi connectivity index (χ4v) is 4.43. The fraction of sp³-hybridized carbons (Fsp3) is 0.438. The summed E-state index contributed by atoms with van der Waals surface area (Å²) in [5.74, 6) is -0.800. The van der Waals surface area contributed by atoms with Crippen LogP contribution >= 0.6 is 11.3 Å². The summed E-state index contributed by atoms with van der Waals surface area (Å²) >= 11 is 1.47. The van der Waals surface area contributed by atoms with Gasteiger partial charge in [-0.1, -0.05) is 12.2 Å². The molecule has 0 amide bonds. The van der Waals surface area contributed by atoms with Crippen molar-refractivity contribution in [2.24, 2.45) is 0 Å². The van der Waals surface area contributed by atoms with Crippen LogP contribution in [0.15, 0.2) is 16.9 Å². The van der Waals surface area contributed by atoms with Crippen molar-refractivity contribution in [3.05, 3.63) is 38.8 Å². The summed E-state index contributed by atoms with van der Waals surface area (Å²) in [6.07, 6.45) is 2.26. The Bertz CT molecular complexity index is 847. The van der Waals surface area contributed by atoms with E-state index in [1.54, 1.807) is 11.5 Å². The summed E-state index contributed by atoms with van der Waals surface area (Å²) in [7, 11) is 0. The van der Waals surface area contributed by atoms with Gasteiger partial charge in [0.05, 0.1) is 11.3 Å². The minimum absolute atomic E-state index is 0.142. The highest BCUT2D eigenvalue weighted by atomic mass is 32.1. The Morgan fingerprint density at radius 1 is 1.55 bits per heavy atom. The quantitative estimate of drug-likeness (QED) is 0.883. The molecule has 22 heavy (non-hydrogen) atoms. The molecular formula is C16H18N2O3S. The van der Waals surface area contributed by atoms with Gasteiger partial charge in [-0.25, -0.2) is 4.98 Å². The second-order valence-corrected chi connectivity index (χ2v) is 6.99. The zero-order valence-corrected chi connectivity index (χ0v) is 13.5. The molecule has 2 aromatic rings. The number of hydrogen-bond donors (Lipinski definition) is 1. The normalized spacial score (nSPS) is 17.5. The highest BCUT2D eigenvalue weighted by Gasteiger charge is 2.32. The van der Waals surface area contributed by atoms with Gasteiger partial charge < -0.3 is 5.11 Å². The van der Waals surface area contributed by atoms with Crippen molar-refractivity contribution in [1.29, 1.82) is 0 Å². The van der Waals surface area contributed by atoms with Gasteiger partial charge in [0.2, 0.25) is 0 Å². The molecule has 1 aliphatic carbocycles. The summed E-state index contributed by atoms with van der Waals surface area (Å²) in [6, 6.07) is 0. The highest BCUT2D eigenvalue weighted by molar-refractivity contribution is 7.18. The molecule has 0 saturated heterocycles. The number of aryl methyl sites for hydroxylation is 2. The fourth-order valence-electron chi connectivity index (χ4n) is 3.12. The molecule has 2 heterocycles. The molecule has 0 fully saturated rings. The Balaban J connectivity index is 2.33. The first-order valence-corrected chi connectivity index (χ1v) is 8.11. The van der Waals surface area contributed by atoms with E-state index >= 15 is 0 Å². The van der Waals surface area contributed by atoms with Gasteiger partial charge in [-0.05, 0) is 38.7 Å². The van der Waals surface area contributed by atoms with Gasteiger partial charge in [0, 0.05) is 11.4 Å². The summed E-state index contributed by atoms with van der Waals surface area (Å²) in [5.41, 5.74) is 1.42. The van der Waals surface area contributed by atoms with E-state index in [0.717, 1.165) is 23.3 Å². The molecule has 0 bridgehead atoms. The Kier molecular flexibility index (Phi) is 3.64. The second-order valence-electron chi connectivity index (χ2n) is 5.91. The van der Waals surface area contributed by atoms with Crippen molar-refractivity contribution in [2.75, 3.05) is 0 Å². The summed E-state index contributed by atoms with van der Waals surface area (Å²) in [6.45, 7) is 7.93. The minimum Gasteiger partial charge on any atom is -0.481 e. The Hall–Kier alpha value is -1.95. The van der Waals surface area contributed by atoms with E-state index in [0.29, 0.717) is 34.6 Å². The van der Waals surface area contributed by atoms with Crippen LogP contribution in [-0.4, -0.2) is 20.6 Å². The average Bonchev–Trinajstić information content (AvgIpc) is 2.80. The van der Waals surface area contributed by atoms with Crippen molar-refractivity contribution in [3.8, 4) is 0 Å². The van der Waals surface area contributed by atoms with Crippen molar-refractivity contribution >= 4 is 27.5 Å². The van der Waals surface area contributed by atoms with Crippen LogP contribution in [0, 0.1) is 6.92 Å². The van der Waals surface area contributed by atoms with E-state index in [2.05, 4.69) is 11.6 Å². The largest absolute Gasteiger partial charge is 0.481 e. The molecule has 2 aromatic heterocycles. The second kappa shape index (κ2) is 5.35. The molecule has 0 aromatic carbocycles. The molecule has 5 nitrogen and oxygen atoms in total. The Morgan fingerprint density at radius 2 is 2.27 bits per heavy atom. The molecule has 1 unspecified atom stereocenters. The number of carbonyl (C=O) groups is 1. The molecule has 6 heteroatoms. The van der Waals surface area contributed by atoms with Gasteiger partial charge in [-0.3, -0.25) is 14.2 Å². The molecule has 0 radical (unpaired) electrons. The van der Waals surface area contributed by atoms with Crippen molar-refractivity contribution in [3.63, 3.8) is 0 Å². The smallest absolute Gasteiger partial charge is 0.311 e. The van der Waals surface area contributed by atoms with E-state index in [9.17, 15) is 14.7 Å². The van der Waals surface area contributed by atoms with Crippen molar-refractivity contribution in [1.82, 2.24) is 9.55 Å². The average molecular weight is 318 g/mol. The van der Waals surface area contributed by atoms with Crippen LogP contribution in [0.2, 0.25) is 0 Å². The molecule has 1 N–H and O–H groups in total. The topological polar surface area (TPSA) is 72.2 Å². The SMILES string of the molecule is C=C(C)Cn1c(C)nc2sc3c(c2c1=O)C(C(=O)O)CCC3. The van der Waals surface area contributed by atoms with Crippen LogP contribution in [0.3, 0.4) is 0 Å². The molecule has 0 aliphatic heterocycles. The molecular weight excluding hydrogens is 300 g/mol. The number of fused-ring (bicyclic) bond motifs is 3. The predicted octanol–water partition coefficient (Wildman–Crippen LogP) is 2.85. The first-order chi connectivity index (χ1) is 10.4. The maximum Gasteiger partial charge on any atom is 0.311 e. The van der Waals surface area contributed by atoms with Gasteiger partial charge in [0.15, 0.2) is 0 Å². The van der Waals surface area contributed by atoms with Crippen molar-refractivity contribution < 1.29 is 9.90 Å². The third kappa shape index (κ3) is 2.27. The standard InChI is InChI=1S/C16H18N2O3S/c1-8(2)7-18-9(3)17-14-13(15(18)19)12-10(16(20)21)5-4-6-11(12)22-14/h10H,1,4-7H2,2-3H3,(H,20,21). The number of thiophene rings is 1. The summed E-state index contributed by atoms with van der Waals surface area (Å²) in [5, 5.41) is 9.98. The first-order valence-electron chi connectivity index (χ1n) is 7.30. The molecule has 0 saturated carbocycles. The van der Waals surface area contributed by atoms with Crippen LogP contribution in [0.25, 0.3) is 10.2 Å². The summed E-state index contributed by atoms with van der Waals surface area (Å²) < 4.78 is 1.59. The van der Waals surface area contributed by atoms with E-state index < -0.39 is 11.9 Å². The third-order valence-electron chi connectivity index (χ3n) is 4.09. The van der Waals surface area contributed by atoms with Crippen molar-refractivity contribution in [2.45, 2.75) is 45.6 Å². The van der Waals surface area contributed by atoms with Crippen LogP contribution in [0.1, 0.15) is 41.9 Å². The van der Waals surface area contributed by atoms with Crippen LogP contribution < -0.4 is 5.56 Å². The van der Waals surface area contributed by atoms with E-state index in [4.69, 9.17) is 0 Å². The number of hydrogen-bond acceptors (Lipinski definition) is 4. The summed E-state index contributed by atoms with van der Waals surface area (Å²) in [4.78, 5) is 30.6. The number of carboxylic acids is 1. The number of allylic oxidation sites excluding steroid dienone is 1. The number of rotatable bonds is 3.